The van der Waals surface area contributed by atoms with Gasteiger partial charge in [-0.15, -0.1) is 11.8 Å². The van der Waals surface area contributed by atoms with Crippen LogP contribution in [0.15, 0.2) is 76.6 Å². The minimum atomic E-state index is -0.388. The minimum Gasteiger partial charge on any atom is -0.307 e. The highest BCUT2D eigenvalue weighted by Crippen LogP contribution is 2.30. The first-order valence-corrected chi connectivity index (χ1v) is 11.3. The van der Waals surface area contributed by atoms with Gasteiger partial charge in [0, 0.05) is 22.9 Å². The van der Waals surface area contributed by atoms with E-state index in [2.05, 4.69) is 15.6 Å². The van der Waals surface area contributed by atoms with Crippen LogP contribution in [0.25, 0.3) is 5.65 Å². The molecule has 0 saturated carbocycles. The van der Waals surface area contributed by atoms with E-state index in [4.69, 9.17) is 11.6 Å². The molecular weight excluding hydrogens is 444 g/mol. The number of para-hydroxylation sites is 1. The molecule has 0 atom stereocenters. The van der Waals surface area contributed by atoms with Crippen molar-refractivity contribution in [2.75, 3.05) is 10.6 Å². The van der Waals surface area contributed by atoms with Crippen LogP contribution >= 0.6 is 23.4 Å². The second-order valence-corrected chi connectivity index (χ2v) is 8.79. The van der Waals surface area contributed by atoms with Crippen molar-refractivity contribution in [3.05, 3.63) is 99.1 Å². The molecule has 4 rings (SSSR count). The van der Waals surface area contributed by atoms with Crippen LogP contribution in [0.2, 0.25) is 5.02 Å². The summed E-state index contributed by atoms with van der Waals surface area (Å²) < 4.78 is 1.54. The number of fused-ring (bicyclic) bond motifs is 1. The molecule has 0 aliphatic heterocycles. The van der Waals surface area contributed by atoms with E-state index in [0.29, 0.717) is 33.5 Å². The van der Waals surface area contributed by atoms with Gasteiger partial charge in [-0.1, -0.05) is 35.9 Å². The number of nitrogens with one attached hydrogen (secondary N) is 2. The van der Waals surface area contributed by atoms with Gasteiger partial charge in [-0.2, -0.15) is 0 Å². The summed E-state index contributed by atoms with van der Waals surface area (Å²) in [5.41, 5.74) is 4.37. The number of thioether (sulfide) groups is 1. The first-order valence-electron chi connectivity index (χ1n) is 9.94. The quantitative estimate of drug-likeness (QED) is 0.360. The Morgan fingerprint density at radius 1 is 1.00 bits per heavy atom. The highest BCUT2D eigenvalue weighted by molar-refractivity contribution is 7.98. The van der Waals surface area contributed by atoms with Crippen LogP contribution in [0.4, 0.5) is 16.2 Å². The number of amides is 2. The van der Waals surface area contributed by atoms with Crippen LogP contribution in [0.1, 0.15) is 16.8 Å². The second kappa shape index (κ2) is 9.46. The number of carbonyl (C=O) groups excluding carboxylic acids is 1. The van der Waals surface area contributed by atoms with E-state index in [1.54, 1.807) is 28.8 Å². The van der Waals surface area contributed by atoms with Crippen LogP contribution in [0, 0.1) is 13.8 Å². The number of nitrogens with zero attached hydrogens (tertiary/aromatic N) is 2. The summed E-state index contributed by atoms with van der Waals surface area (Å²) in [6.07, 6.45) is 1.78. The molecule has 2 aromatic heterocycles. The molecule has 0 spiro atoms. The number of anilines is 2. The van der Waals surface area contributed by atoms with Gasteiger partial charge in [-0.05, 0) is 55.3 Å². The summed E-state index contributed by atoms with van der Waals surface area (Å²) in [6.45, 7) is 3.87. The average molecular weight is 465 g/mol. The third-order valence-corrected chi connectivity index (χ3v) is 6.16. The Morgan fingerprint density at radius 2 is 1.75 bits per heavy atom. The van der Waals surface area contributed by atoms with E-state index >= 15 is 0 Å². The van der Waals surface area contributed by atoms with Crippen molar-refractivity contribution in [1.29, 1.82) is 0 Å². The Bertz CT molecular complexity index is 1370. The number of carbonyl (C=O) groups is 1. The first-order chi connectivity index (χ1) is 15.4. The summed E-state index contributed by atoms with van der Waals surface area (Å²) in [5, 5.41) is 6.12. The molecule has 4 aromatic rings. The van der Waals surface area contributed by atoms with Crippen LogP contribution in [-0.4, -0.2) is 15.4 Å². The fourth-order valence-corrected chi connectivity index (χ4v) is 4.36. The highest BCUT2D eigenvalue weighted by atomic mass is 35.5. The van der Waals surface area contributed by atoms with Gasteiger partial charge in [0.05, 0.1) is 22.1 Å². The van der Waals surface area contributed by atoms with Crippen molar-refractivity contribution in [1.82, 2.24) is 9.38 Å². The molecular formula is C24H21ClN4O2S. The minimum absolute atomic E-state index is 0.116. The van der Waals surface area contributed by atoms with Gasteiger partial charge in [0.2, 0.25) is 0 Å². The summed E-state index contributed by atoms with van der Waals surface area (Å²) in [4.78, 5) is 30.4. The van der Waals surface area contributed by atoms with Gasteiger partial charge >= 0.3 is 6.03 Å². The van der Waals surface area contributed by atoms with Gasteiger partial charge in [0.15, 0.2) is 0 Å². The van der Waals surface area contributed by atoms with Crippen molar-refractivity contribution in [2.45, 2.75) is 24.5 Å². The normalized spacial score (nSPS) is 10.8. The number of aryl methyl sites for hydroxylation is 2. The number of aromatic nitrogens is 2. The molecule has 0 aliphatic rings. The molecule has 32 heavy (non-hydrogen) atoms. The van der Waals surface area contributed by atoms with Crippen LogP contribution < -0.4 is 16.2 Å². The van der Waals surface area contributed by atoms with Crippen molar-refractivity contribution >= 4 is 46.4 Å². The van der Waals surface area contributed by atoms with E-state index in [-0.39, 0.29) is 11.6 Å². The number of benzene rings is 2. The summed E-state index contributed by atoms with van der Waals surface area (Å²) in [7, 11) is 0. The standard InChI is InChI=1S/C24H21ClN4O2S/c1-15-7-9-19(18(25)11-15)27-24(31)28-20-5-3-4-6-21(20)32-14-17-12-23(30)29-13-16(2)8-10-22(29)26-17/h3-13H,14H2,1-2H3,(H2,27,28,31). The summed E-state index contributed by atoms with van der Waals surface area (Å²) >= 11 is 7.70. The fraction of sp³-hybridized carbons (Fsp3) is 0.125. The lowest BCUT2D eigenvalue weighted by Gasteiger charge is -2.13. The monoisotopic (exact) mass is 464 g/mol. The van der Waals surface area contributed by atoms with Crippen molar-refractivity contribution in [3.63, 3.8) is 0 Å². The largest absolute Gasteiger partial charge is 0.323 e. The zero-order valence-corrected chi connectivity index (χ0v) is 19.1. The maximum atomic E-state index is 12.5. The molecule has 2 amide bonds. The van der Waals surface area contributed by atoms with Crippen molar-refractivity contribution < 1.29 is 4.79 Å². The maximum absolute atomic E-state index is 12.5. The Balaban J connectivity index is 1.48. The van der Waals surface area contributed by atoms with Gasteiger partial charge < -0.3 is 10.6 Å². The Labute approximate surface area is 194 Å². The third kappa shape index (κ3) is 5.12. The average Bonchev–Trinajstić information content (AvgIpc) is 2.76. The van der Waals surface area contributed by atoms with Crippen molar-refractivity contribution in [3.8, 4) is 0 Å². The third-order valence-electron chi connectivity index (χ3n) is 4.74. The zero-order valence-electron chi connectivity index (χ0n) is 17.6. The molecule has 6 nitrogen and oxygen atoms in total. The molecule has 0 fully saturated rings. The van der Waals surface area contributed by atoms with E-state index in [1.807, 2.05) is 56.3 Å². The van der Waals surface area contributed by atoms with E-state index < -0.39 is 0 Å². The SMILES string of the molecule is Cc1ccc(NC(=O)Nc2ccccc2SCc2cc(=O)n3cc(C)ccc3n2)c(Cl)c1. The summed E-state index contributed by atoms with van der Waals surface area (Å²) in [6, 6.07) is 17.8. The Kier molecular flexibility index (Phi) is 6.48. The topological polar surface area (TPSA) is 75.5 Å². The number of pyridine rings is 1. The maximum Gasteiger partial charge on any atom is 0.323 e. The highest BCUT2D eigenvalue weighted by Gasteiger charge is 2.10. The predicted molar refractivity (Wildman–Crippen MR) is 131 cm³/mol. The van der Waals surface area contributed by atoms with Gasteiger partial charge in [-0.25, -0.2) is 9.78 Å². The molecule has 0 bridgehead atoms. The number of urea groups is 1. The lowest BCUT2D eigenvalue weighted by atomic mass is 10.2. The molecule has 0 radical (unpaired) electrons. The molecule has 0 saturated heterocycles. The zero-order chi connectivity index (χ0) is 22.7. The van der Waals surface area contributed by atoms with Gasteiger partial charge in [0.25, 0.3) is 5.56 Å². The van der Waals surface area contributed by atoms with Crippen LogP contribution in [0.3, 0.4) is 0 Å². The van der Waals surface area contributed by atoms with Crippen LogP contribution in [-0.2, 0) is 5.75 Å². The van der Waals surface area contributed by atoms with E-state index in [9.17, 15) is 9.59 Å². The van der Waals surface area contributed by atoms with Crippen LogP contribution in [0.5, 0.6) is 0 Å². The van der Waals surface area contributed by atoms with E-state index in [0.717, 1.165) is 16.0 Å². The number of hydrogen-bond donors (Lipinski definition) is 2. The molecule has 8 heteroatoms. The summed E-state index contributed by atoms with van der Waals surface area (Å²) in [5.74, 6) is 0.490. The predicted octanol–water partition coefficient (Wildman–Crippen LogP) is 5.90. The lowest BCUT2D eigenvalue weighted by molar-refractivity contribution is 0.262. The molecule has 0 unspecified atom stereocenters. The fourth-order valence-electron chi connectivity index (χ4n) is 3.18. The smallest absolute Gasteiger partial charge is 0.307 e. The van der Waals surface area contributed by atoms with Crippen molar-refractivity contribution in [2.24, 2.45) is 0 Å². The van der Waals surface area contributed by atoms with Gasteiger partial charge in [-0.3, -0.25) is 9.20 Å². The molecule has 2 aromatic carbocycles. The first kappa shape index (κ1) is 21.9. The lowest BCUT2D eigenvalue weighted by Crippen LogP contribution is -2.20. The number of hydrogen-bond acceptors (Lipinski definition) is 4. The number of halogens is 1. The van der Waals surface area contributed by atoms with E-state index in [1.165, 1.54) is 11.8 Å². The molecule has 2 heterocycles. The molecule has 162 valence electrons. The number of rotatable bonds is 5. The van der Waals surface area contributed by atoms with Gasteiger partial charge in [0.1, 0.15) is 5.65 Å². The Morgan fingerprint density at radius 3 is 2.56 bits per heavy atom. The molecule has 2 N–H and O–H groups in total. The Hall–Kier alpha value is -3.29. The molecule has 0 aliphatic carbocycles. The second-order valence-electron chi connectivity index (χ2n) is 7.37.